The molecule has 9 rings (SSSR count). The van der Waals surface area contributed by atoms with Crippen LogP contribution in [0.4, 0.5) is 0 Å². The Hall–Kier alpha value is -0.650. The predicted octanol–water partition coefficient (Wildman–Crippen LogP) is 11.7. The van der Waals surface area contributed by atoms with E-state index in [0.717, 1.165) is 25.7 Å². The van der Waals surface area contributed by atoms with Crippen molar-refractivity contribution in [3.05, 3.63) is 126 Å². The Morgan fingerprint density at radius 2 is 0.952 bits per heavy atom. The van der Waals surface area contributed by atoms with Crippen molar-refractivity contribution in [3.8, 4) is 11.1 Å². The van der Waals surface area contributed by atoms with Gasteiger partial charge in [-0.15, -0.1) is 47.0 Å². The molecule has 0 saturated heterocycles. The van der Waals surface area contributed by atoms with Gasteiger partial charge in [-0.05, 0) is 107 Å². The second-order valence-corrected chi connectivity index (χ2v) is 18.8. The second kappa shape index (κ2) is 14.6. The van der Waals surface area contributed by atoms with Crippen LogP contribution in [-0.2, 0) is 25.7 Å². The minimum Gasteiger partial charge on any atom is -0.265 e. The Kier molecular flexibility index (Phi) is 10.9. The first-order chi connectivity index (χ1) is 20.6. The van der Waals surface area contributed by atoms with Gasteiger partial charge in [0, 0.05) is 12.4 Å². The molecule has 0 spiro atoms. The van der Waals surface area contributed by atoms with Gasteiger partial charge in [0.2, 0.25) is 0 Å². The second-order valence-electron chi connectivity index (χ2n) is 9.91. The van der Waals surface area contributed by atoms with Gasteiger partial charge in [0.1, 0.15) is 0 Å². The minimum atomic E-state index is 0.941. The van der Waals surface area contributed by atoms with Gasteiger partial charge >= 0.3 is 0 Å². The average molecular weight is 698 g/mol. The summed E-state index contributed by atoms with van der Waals surface area (Å²) in [5.41, 5.74) is 11.1. The van der Waals surface area contributed by atoms with Crippen molar-refractivity contribution >= 4 is 94.1 Å². The fraction of sp³-hybridized carbons (Fsp3) is 0.242. The van der Waals surface area contributed by atoms with Crippen LogP contribution in [0.2, 0.25) is 0 Å². The predicted molar refractivity (Wildman–Crippen MR) is 203 cm³/mol. The van der Waals surface area contributed by atoms with Gasteiger partial charge in [0.05, 0.1) is 25.4 Å². The van der Waals surface area contributed by atoms with Gasteiger partial charge in [-0.2, -0.15) is 0 Å². The third-order valence-electron chi connectivity index (χ3n) is 7.24. The van der Waals surface area contributed by atoms with E-state index in [9.17, 15) is 0 Å². The molecule has 0 saturated carbocycles. The maximum absolute atomic E-state index is 4.33. The summed E-state index contributed by atoms with van der Waals surface area (Å²) in [6.07, 6.45) is 16.5. The molecule has 42 heavy (non-hydrogen) atoms. The highest BCUT2D eigenvalue weighted by molar-refractivity contribution is 8.41. The maximum Gasteiger partial charge on any atom is 0.0657 e. The molecule has 1 aromatic heterocycles. The first kappa shape index (κ1) is 31.3. The summed E-state index contributed by atoms with van der Waals surface area (Å²) in [6.45, 7) is 0. The SMILES string of the molecule is CSC1=C(SC)SC(=C2Cc3ccc(cc3)CC(=C3SC(SC)=C(SC)S3)Cc3ccc(cc3-c3ccncc3)C2)S1. The number of hydrogen-bond donors (Lipinski definition) is 0. The number of hydrogen-bond acceptors (Lipinski definition) is 9. The largest absolute Gasteiger partial charge is 0.265 e. The number of thioether (sulfide) groups is 8. The Balaban J connectivity index is 1.46. The molecule has 4 bridgehead atoms. The number of aromatic nitrogens is 1. The highest BCUT2D eigenvalue weighted by Crippen LogP contribution is 2.59. The lowest BCUT2D eigenvalue weighted by atomic mass is 9.89. The van der Waals surface area contributed by atoms with E-state index >= 15 is 0 Å². The monoisotopic (exact) mass is 697 g/mol. The summed E-state index contributed by atoms with van der Waals surface area (Å²) < 4.78 is 8.64. The molecule has 2 aromatic carbocycles. The number of allylic oxidation sites excluding steroid dienone is 2. The molecule has 0 radical (unpaired) electrons. The molecular formula is C33H31NS8. The van der Waals surface area contributed by atoms with Gasteiger partial charge in [-0.25, -0.2) is 0 Å². The van der Waals surface area contributed by atoms with Crippen LogP contribution in [-0.4, -0.2) is 30.0 Å². The summed E-state index contributed by atoms with van der Waals surface area (Å²) >= 11 is 15.4. The van der Waals surface area contributed by atoms with Crippen molar-refractivity contribution in [2.75, 3.05) is 25.0 Å². The van der Waals surface area contributed by atoms with Crippen molar-refractivity contribution in [2.45, 2.75) is 25.7 Å². The van der Waals surface area contributed by atoms with Crippen molar-refractivity contribution < 1.29 is 0 Å². The van der Waals surface area contributed by atoms with Crippen molar-refractivity contribution in [3.63, 3.8) is 0 Å². The molecule has 216 valence electrons. The molecule has 0 fully saturated rings. The van der Waals surface area contributed by atoms with Crippen LogP contribution in [0.3, 0.4) is 0 Å². The van der Waals surface area contributed by atoms with E-state index in [1.165, 1.54) is 69.9 Å². The summed E-state index contributed by atoms with van der Waals surface area (Å²) in [7, 11) is 0. The van der Waals surface area contributed by atoms with E-state index in [1.54, 1.807) is 0 Å². The summed E-state index contributed by atoms with van der Waals surface area (Å²) in [5.74, 6) is 0. The fourth-order valence-corrected chi connectivity index (χ4v) is 15.3. The first-order valence-electron chi connectivity index (χ1n) is 13.5. The maximum atomic E-state index is 4.33. The smallest absolute Gasteiger partial charge is 0.0657 e. The van der Waals surface area contributed by atoms with Crippen LogP contribution < -0.4 is 0 Å². The van der Waals surface area contributed by atoms with Crippen LogP contribution in [0.25, 0.3) is 11.1 Å². The normalized spacial score (nSPS) is 17.7. The molecule has 0 N–H and O–H groups in total. The lowest BCUT2D eigenvalue weighted by Gasteiger charge is -2.19. The van der Waals surface area contributed by atoms with Crippen LogP contribution in [0.5, 0.6) is 0 Å². The average Bonchev–Trinajstić information content (AvgIpc) is 3.66. The number of rotatable bonds is 5. The molecule has 2 aliphatic heterocycles. The van der Waals surface area contributed by atoms with Gasteiger partial charge in [-0.3, -0.25) is 4.98 Å². The van der Waals surface area contributed by atoms with Gasteiger partial charge in [0.15, 0.2) is 0 Å². The van der Waals surface area contributed by atoms with Crippen LogP contribution in [0.1, 0.15) is 22.3 Å². The molecule has 3 heterocycles. The summed E-state index contributed by atoms with van der Waals surface area (Å²) in [5, 5.41) is 0. The highest BCUT2D eigenvalue weighted by Gasteiger charge is 2.26. The van der Waals surface area contributed by atoms with E-state index in [2.05, 4.69) is 84.6 Å². The third kappa shape index (κ3) is 7.09. The number of nitrogens with zero attached hydrogens (tertiary/aromatic N) is 1. The number of pyridine rings is 1. The summed E-state index contributed by atoms with van der Waals surface area (Å²) in [6, 6.07) is 21.0. The Bertz CT molecular complexity index is 1570. The van der Waals surface area contributed by atoms with Crippen molar-refractivity contribution in [2.24, 2.45) is 0 Å². The highest BCUT2D eigenvalue weighted by atomic mass is 32.3. The topological polar surface area (TPSA) is 12.9 Å². The van der Waals surface area contributed by atoms with Crippen molar-refractivity contribution in [1.82, 2.24) is 4.98 Å². The molecule has 3 aromatic rings. The standard InChI is InChI=1S/C33H31NS8/c1-35-30-31(36-2)40-28(39-30)25-15-20-5-7-21(8-6-20)16-26(29-41-32(37-3)33(38-4)42-29)19-24-10-9-22(17-25)18-27(24)23-11-13-34-14-12-23/h5-14,18H,15-17,19H2,1-4H3. The first-order valence-corrected chi connectivity index (χ1v) is 21.6. The number of benzene rings is 2. The lowest BCUT2D eigenvalue weighted by molar-refractivity contribution is 1.00. The van der Waals surface area contributed by atoms with Crippen molar-refractivity contribution in [1.29, 1.82) is 0 Å². The van der Waals surface area contributed by atoms with Crippen LogP contribution in [0.15, 0.2) is 104 Å². The Labute approximate surface area is 284 Å². The molecule has 6 aliphatic rings. The zero-order valence-electron chi connectivity index (χ0n) is 23.9. The molecule has 0 amide bonds. The van der Waals surface area contributed by atoms with Gasteiger partial charge in [-0.1, -0.05) is 89.5 Å². The molecule has 9 heteroatoms. The Morgan fingerprint density at radius 3 is 1.43 bits per heavy atom. The summed E-state index contributed by atoms with van der Waals surface area (Å²) in [4.78, 5) is 4.33. The van der Waals surface area contributed by atoms with E-state index in [4.69, 9.17) is 0 Å². The lowest BCUT2D eigenvalue weighted by Crippen LogP contribution is -2.04. The van der Waals surface area contributed by atoms with E-state index < -0.39 is 0 Å². The minimum absolute atomic E-state index is 0.941. The van der Waals surface area contributed by atoms with Crippen LogP contribution >= 0.6 is 94.1 Å². The molecule has 4 aliphatic carbocycles. The van der Waals surface area contributed by atoms with E-state index in [1.807, 2.05) is 106 Å². The fourth-order valence-electron chi connectivity index (χ4n) is 5.18. The molecule has 0 atom stereocenters. The molecule has 0 unspecified atom stereocenters. The third-order valence-corrected chi connectivity index (χ3v) is 18.0. The quantitative estimate of drug-likeness (QED) is 0.256. The molecular weight excluding hydrogens is 667 g/mol. The zero-order valence-corrected chi connectivity index (χ0v) is 30.4. The zero-order chi connectivity index (χ0) is 29.1. The van der Waals surface area contributed by atoms with Gasteiger partial charge < -0.3 is 0 Å². The molecule has 1 nitrogen and oxygen atoms in total. The van der Waals surface area contributed by atoms with Crippen LogP contribution in [0, 0.1) is 0 Å². The Morgan fingerprint density at radius 1 is 0.524 bits per heavy atom. The van der Waals surface area contributed by atoms with E-state index in [0.29, 0.717) is 0 Å². The van der Waals surface area contributed by atoms with Gasteiger partial charge in [0.25, 0.3) is 0 Å². The van der Waals surface area contributed by atoms with E-state index in [-0.39, 0.29) is 0 Å².